The highest BCUT2D eigenvalue weighted by Crippen LogP contribution is 2.44. The first kappa shape index (κ1) is 25.7. The Bertz CT molecular complexity index is 2160. The standard InChI is InChI=1S/C42H29BN2/c1-4-13-30(14-5-1)32-23-26-35(27-24-32)45-39-28-25-33(31-15-6-2-7-16-31)29-37(39)43-36-19-10-11-20-38(36)44(34-17-8-3-9-18-34)40-21-12-22-41(45)42(40)43/h1-29H. The lowest BCUT2D eigenvalue weighted by atomic mass is 9.33. The van der Waals surface area contributed by atoms with Crippen LogP contribution >= 0.6 is 0 Å². The molecule has 3 heteroatoms. The maximum atomic E-state index is 2.46. The van der Waals surface area contributed by atoms with Gasteiger partial charge in [0.1, 0.15) is 0 Å². The minimum absolute atomic E-state index is 0.103. The molecule has 0 unspecified atom stereocenters. The Kier molecular flexibility index (Phi) is 5.95. The maximum absolute atomic E-state index is 2.46. The van der Waals surface area contributed by atoms with E-state index in [2.05, 4.69) is 186 Å². The zero-order chi connectivity index (χ0) is 29.7. The molecule has 2 aliphatic heterocycles. The summed E-state index contributed by atoms with van der Waals surface area (Å²) in [6, 6.07) is 63.9. The normalized spacial score (nSPS) is 12.8. The first-order chi connectivity index (χ1) is 22.3. The minimum Gasteiger partial charge on any atom is -0.311 e. The molecule has 0 N–H and O–H groups in total. The molecule has 9 rings (SSSR count). The highest BCUT2D eigenvalue weighted by molar-refractivity contribution is 7.00. The molecule has 7 aromatic rings. The summed E-state index contributed by atoms with van der Waals surface area (Å²) in [5.41, 5.74) is 16.1. The molecule has 0 bridgehead atoms. The van der Waals surface area contributed by atoms with Gasteiger partial charge in [0, 0.05) is 34.1 Å². The monoisotopic (exact) mass is 572 g/mol. The van der Waals surface area contributed by atoms with Crippen LogP contribution in [0, 0.1) is 0 Å². The molecular formula is C42H29BN2. The number of hydrogen-bond donors (Lipinski definition) is 0. The molecule has 0 atom stereocenters. The van der Waals surface area contributed by atoms with Crippen LogP contribution in [0.3, 0.4) is 0 Å². The summed E-state index contributed by atoms with van der Waals surface area (Å²) >= 11 is 0. The van der Waals surface area contributed by atoms with Gasteiger partial charge in [0.05, 0.1) is 0 Å². The van der Waals surface area contributed by atoms with Gasteiger partial charge in [-0.25, -0.2) is 0 Å². The van der Waals surface area contributed by atoms with Crippen molar-refractivity contribution in [1.29, 1.82) is 0 Å². The van der Waals surface area contributed by atoms with Gasteiger partial charge in [-0.2, -0.15) is 0 Å². The number of fused-ring (bicyclic) bond motifs is 4. The van der Waals surface area contributed by atoms with E-state index in [0.717, 1.165) is 5.69 Å². The van der Waals surface area contributed by atoms with Gasteiger partial charge in [-0.1, -0.05) is 127 Å². The van der Waals surface area contributed by atoms with Crippen molar-refractivity contribution in [3.63, 3.8) is 0 Å². The van der Waals surface area contributed by atoms with E-state index in [1.165, 1.54) is 67.1 Å². The van der Waals surface area contributed by atoms with Gasteiger partial charge in [0.25, 0.3) is 6.71 Å². The van der Waals surface area contributed by atoms with Crippen LogP contribution in [0.2, 0.25) is 0 Å². The molecule has 7 aromatic carbocycles. The summed E-state index contributed by atoms with van der Waals surface area (Å²) in [7, 11) is 0. The SMILES string of the molecule is c1ccc(-c2ccc(N3c4ccc(-c5ccccc5)cc4B4c5ccccc5N(c5ccccc5)c5cccc3c54)cc2)cc1. The van der Waals surface area contributed by atoms with Gasteiger partial charge in [0.2, 0.25) is 0 Å². The van der Waals surface area contributed by atoms with Crippen molar-refractivity contribution in [2.24, 2.45) is 0 Å². The van der Waals surface area contributed by atoms with E-state index in [4.69, 9.17) is 0 Å². The van der Waals surface area contributed by atoms with Crippen LogP contribution in [0.25, 0.3) is 22.3 Å². The van der Waals surface area contributed by atoms with Crippen LogP contribution in [0.15, 0.2) is 176 Å². The fraction of sp³-hybridized carbons (Fsp3) is 0. The van der Waals surface area contributed by atoms with E-state index in [1.54, 1.807) is 0 Å². The Morgan fingerprint density at radius 2 is 0.778 bits per heavy atom. The zero-order valence-corrected chi connectivity index (χ0v) is 24.7. The van der Waals surface area contributed by atoms with Crippen molar-refractivity contribution in [3.05, 3.63) is 176 Å². The Morgan fingerprint density at radius 3 is 1.44 bits per heavy atom. The Morgan fingerprint density at radius 1 is 0.311 bits per heavy atom. The molecule has 0 aliphatic carbocycles. The minimum atomic E-state index is 0.103. The average Bonchev–Trinajstić information content (AvgIpc) is 3.12. The third-order valence-electron chi connectivity index (χ3n) is 9.25. The predicted octanol–water partition coefficient (Wildman–Crippen LogP) is 9.10. The fourth-order valence-electron chi connectivity index (χ4n) is 7.27. The highest BCUT2D eigenvalue weighted by Gasteiger charge is 2.43. The number of para-hydroxylation sites is 2. The highest BCUT2D eigenvalue weighted by atomic mass is 15.2. The third-order valence-corrected chi connectivity index (χ3v) is 9.25. The Labute approximate surface area is 264 Å². The van der Waals surface area contributed by atoms with Gasteiger partial charge >= 0.3 is 0 Å². The molecule has 2 nitrogen and oxygen atoms in total. The van der Waals surface area contributed by atoms with Crippen LogP contribution < -0.4 is 26.2 Å². The van der Waals surface area contributed by atoms with E-state index < -0.39 is 0 Å². The number of anilines is 6. The smallest absolute Gasteiger partial charge is 0.252 e. The molecule has 0 amide bonds. The predicted molar refractivity (Wildman–Crippen MR) is 191 cm³/mol. The molecule has 2 heterocycles. The second kappa shape index (κ2) is 10.4. The molecule has 0 spiro atoms. The molecular weight excluding hydrogens is 543 g/mol. The van der Waals surface area contributed by atoms with Crippen molar-refractivity contribution in [1.82, 2.24) is 0 Å². The Balaban J connectivity index is 1.30. The summed E-state index contributed by atoms with van der Waals surface area (Å²) in [4.78, 5) is 4.90. The summed E-state index contributed by atoms with van der Waals surface area (Å²) in [6.07, 6.45) is 0. The summed E-state index contributed by atoms with van der Waals surface area (Å²) in [6.45, 7) is 0.103. The largest absolute Gasteiger partial charge is 0.311 e. The summed E-state index contributed by atoms with van der Waals surface area (Å²) in [5, 5.41) is 0. The summed E-state index contributed by atoms with van der Waals surface area (Å²) < 4.78 is 0. The van der Waals surface area contributed by atoms with Gasteiger partial charge in [-0.05, 0) is 87.2 Å². The molecule has 2 aliphatic rings. The van der Waals surface area contributed by atoms with Crippen molar-refractivity contribution < 1.29 is 0 Å². The van der Waals surface area contributed by atoms with Crippen LogP contribution in [0.5, 0.6) is 0 Å². The van der Waals surface area contributed by atoms with Crippen LogP contribution in [0.1, 0.15) is 0 Å². The third kappa shape index (κ3) is 4.12. The second-order valence-electron chi connectivity index (χ2n) is 11.8. The first-order valence-corrected chi connectivity index (χ1v) is 15.6. The lowest BCUT2D eigenvalue weighted by Gasteiger charge is -2.44. The molecule has 0 saturated heterocycles. The maximum Gasteiger partial charge on any atom is 0.252 e. The summed E-state index contributed by atoms with van der Waals surface area (Å²) in [5.74, 6) is 0. The molecule has 45 heavy (non-hydrogen) atoms. The van der Waals surface area contributed by atoms with E-state index in [9.17, 15) is 0 Å². The zero-order valence-electron chi connectivity index (χ0n) is 24.7. The number of rotatable bonds is 4. The van der Waals surface area contributed by atoms with E-state index >= 15 is 0 Å². The quantitative estimate of drug-likeness (QED) is 0.194. The second-order valence-corrected chi connectivity index (χ2v) is 11.8. The van der Waals surface area contributed by atoms with Crippen LogP contribution in [0.4, 0.5) is 34.1 Å². The number of hydrogen-bond acceptors (Lipinski definition) is 2. The average molecular weight is 573 g/mol. The van der Waals surface area contributed by atoms with E-state index in [-0.39, 0.29) is 6.71 Å². The topological polar surface area (TPSA) is 6.48 Å². The molecule has 0 radical (unpaired) electrons. The van der Waals surface area contributed by atoms with Crippen molar-refractivity contribution in [2.75, 3.05) is 9.80 Å². The van der Waals surface area contributed by atoms with Gasteiger partial charge in [0.15, 0.2) is 0 Å². The van der Waals surface area contributed by atoms with Crippen molar-refractivity contribution in [3.8, 4) is 22.3 Å². The van der Waals surface area contributed by atoms with Gasteiger partial charge in [-0.15, -0.1) is 0 Å². The fourth-order valence-corrected chi connectivity index (χ4v) is 7.27. The molecule has 0 fully saturated rings. The van der Waals surface area contributed by atoms with E-state index in [1.807, 2.05) is 0 Å². The molecule has 0 aromatic heterocycles. The van der Waals surface area contributed by atoms with Gasteiger partial charge in [-0.3, -0.25) is 0 Å². The van der Waals surface area contributed by atoms with Crippen molar-refractivity contribution >= 4 is 57.2 Å². The number of benzene rings is 7. The van der Waals surface area contributed by atoms with E-state index in [0.29, 0.717) is 0 Å². The molecule has 210 valence electrons. The van der Waals surface area contributed by atoms with Crippen molar-refractivity contribution in [2.45, 2.75) is 0 Å². The number of nitrogens with zero attached hydrogens (tertiary/aromatic N) is 2. The Hall–Kier alpha value is -5.80. The lowest BCUT2D eigenvalue weighted by molar-refractivity contribution is 1.25. The van der Waals surface area contributed by atoms with Crippen LogP contribution in [-0.2, 0) is 0 Å². The first-order valence-electron chi connectivity index (χ1n) is 15.6. The lowest BCUT2D eigenvalue weighted by Crippen LogP contribution is -2.61. The van der Waals surface area contributed by atoms with Gasteiger partial charge < -0.3 is 9.80 Å². The molecule has 0 saturated carbocycles. The van der Waals surface area contributed by atoms with Crippen LogP contribution in [-0.4, -0.2) is 6.71 Å².